The predicted molar refractivity (Wildman–Crippen MR) is 130 cm³/mol. The van der Waals surface area contributed by atoms with Gasteiger partial charge < -0.3 is 25.1 Å². The molecule has 8 heteroatoms. The first-order valence-electron chi connectivity index (χ1n) is 11.3. The standard InChI is InChI=1S/C26H27N3O5/c27-13-6-5-10-22(25(31)32)29(14-12-18-16-28-21-9-3-2-8-19(18)21)24(30)20-15-17-7-1-4-11-23(17)34-26(20)33/h1-4,7-9,11,15-16,22,28H,5-6,10,12-14,27H2,(H,31,32). The molecule has 1 atom stereocenters. The Kier molecular flexibility index (Phi) is 7.08. The third kappa shape index (κ3) is 4.87. The second kappa shape index (κ2) is 10.4. The summed E-state index contributed by atoms with van der Waals surface area (Å²) in [6, 6.07) is 15.1. The fourth-order valence-electron chi connectivity index (χ4n) is 4.24. The largest absolute Gasteiger partial charge is 0.480 e. The van der Waals surface area contributed by atoms with Crippen LogP contribution in [0.15, 0.2) is 70.0 Å². The van der Waals surface area contributed by atoms with Crippen LogP contribution in [0.3, 0.4) is 0 Å². The number of benzene rings is 2. The van der Waals surface area contributed by atoms with E-state index in [-0.39, 0.29) is 18.5 Å². The van der Waals surface area contributed by atoms with Gasteiger partial charge in [0.2, 0.25) is 0 Å². The van der Waals surface area contributed by atoms with Crippen LogP contribution in [0.2, 0.25) is 0 Å². The van der Waals surface area contributed by atoms with Crippen LogP contribution in [0, 0.1) is 0 Å². The van der Waals surface area contributed by atoms with Crippen molar-refractivity contribution < 1.29 is 19.1 Å². The van der Waals surface area contributed by atoms with Gasteiger partial charge in [-0.15, -0.1) is 0 Å². The second-order valence-electron chi connectivity index (χ2n) is 8.23. The van der Waals surface area contributed by atoms with Crippen molar-refractivity contribution in [1.29, 1.82) is 0 Å². The highest BCUT2D eigenvalue weighted by atomic mass is 16.4. The normalized spacial score (nSPS) is 12.1. The minimum atomic E-state index is -1.12. The zero-order chi connectivity index (χ0) is 24.1. The van der Waals surface area contributed by atoms with Crippen molar-refractivity contribution in [1.82, 2.24) is 9.88 Å². The zero-order valence-electron chi connectivity index (χ0n) is 18.7. The molecule has 8 nitrogen and oxygen atoms in total. The topological polar surface area (TPSA) is 130 Å². The first kappa shape index (κ1) is 23.3. The molecular weight excluding hydrogens is 434 g/mol. The number of hydrogen-bond donors (Lipinski definition) is 3. The molecule has 0 spiro atoms. The number of carboxylic acids is 1. The fraction of sp³-hybridized carbons (Fsp3) is 0.269. The maximum absolute atomic E-state index is 13.6. The number of nitrogens with one attached hydrogen (secondary N) is 1. The number of fused-ring (bicyclic) bond motifs is 2. The third-order valence-electron chi connectivity index (χ3n) is 6.02. The van der Waals surface area contributed by atoms with E-state index >= 15 is 0 Å². The molecule has 4 rings (SSSR count). The van der Waals surface area contributed by atoms with Crippen molar-refractivity contribution in [3.63, 3.8) is 0 Å². The average Bonchev–Trinajstić information content (AvgIpc) is 3.25. The van der Waals surface area contributed by atoms with Gasteiger partial charge in [0.15, 0.2) is 0 Å². The summed E-state index contributed by atoms with van der Waals surface area (Å²) in [4.78, 5) is 42.9. The van der Waals surface area contributed by atoms with Gasteiger partial charge in [-0.05, 0) is 56.0 Å². The minimum absolute atomic E-state index is 0.131. The number of carboxylic acid groups (broad SMARTS) is 1. The number of para-hydroxylation sites is 2. The summed E-state index contributed by atoms with van der Waals surface area (Å²) in [6.45, 7) is 0.566. The van der Waals surface area contributed by atoms with E-state index in [4.69, 9.17) is 10.2 Å². The number of amides is 1. The summed E-state index contributed by atoms with van der Waals surface area (Å²) in [5, 5.41) is 11.6. The molecule has 0 saturated heterocycles. The molecule has 0 fully saturated rings. The maximum atomic E-state index is 13.6. The van der Waals surface area contributed by atoms with E-state index in [0.717, 1.165) is 16.5 Å². The van der Waals surface area contributed by atoms with E-state index in [1.165, 1.54) is 11.0 Å². The third-order valence-corrected chi connectivity index (χ3v) is 6.02. The van der Waals surface area contributed by atoms with E-state index in [2.05, 4.69) is 4.98 Å². The minimum Gasteiger partial charge on any atom is -0.480 e. The highest BCUT2D eigenvalue weighted by Crippen LogP contribution is 2.21. The molecule has 2 heterocycles. The number of H-pyrrole nitrogens is 1. The van der Waals surface area contributed by atoms with Gasteiger partial charge in [-0.2, -0.15) is 0 Å². The summed E-state index contributed by atoms with van der Waals surface area (Å²) in [5.74, 6) is -1.77. The Labute approximate surface area is 196 Å². The smallest absolute Gasteiger partial charge is 0.349 e. The Morgan fingerprint density at radius 3 is 2.65 bits per heavy atom. The summed E-state index contributed by atoms with van der Waals surface area (Å²) in [5.41, 5.74) is 6.91. The highest BCUT2D eigenvalue weighted by Gasteiger charge is 2.31. The van der Waals surface area contributed by atoms with E-state index in [1.807, 2.05) is 30.5 Å². The number of carbonyl (C=O) groups is 2. The first-order valence-corrected chi connectivity index (χ1v) is 11.3. The molecule has 1 unspecified atom stereocenters. The molecule has 0 bridgehead atoms. The number of unbranched alkanes of at least 4 members (excludes halogenated alkanes) is 1. The van der Waals surface area contributed by atoms with Gasteiger partial charge in [0.1, 0.15) is 17.2 Å². The lowest BCUT2D eigenvalue weighted by molar-refractivity contribution is -0.142. The molecule has 1 amide bonds. The van der Waals surface area contributed by atoms with Gasteiger partial charge in [-0.3, -0.25) is 4.79 Å². The van der Waals surface area contributed by atoms with Crippen molar-refractivity contribution in [2.45, 2.75) is 31.7 Å². The van der Waals surface area contributed by atoms with Crippen molar-refractivity contribution in [3.05, 3.63) is 82.3 Å². The quantitative estimate of drug-likeness (QED) is 0.245. The molecule has 2 aromatic heterocycles. The number of hydrogen-bond acceptors (Lipinski definition) is 5. The number of aliphatic carboxylic acids is 1. The van der Waals surface area contributed by atoms with Gasteiger partial charge in [0.25, 0.3) is 5.91 Å². The van der Waals surface area contributed by atoms with E-state index in [1.54, 1.807) is 24.3 Å². The Morgan fingerprint density at radius 1 is 1.09 bits per heavy atom. The van der Waals surface area contributed by atoms with Gasteiger partial charge in [-0.1, -0.05) is 36.4 Å². The summed E-state index contributed by atoms with van der Waals surface area (Å²) < 4.78 is 5.34. The van der Waals surface area contributed by atoms with Crippen molar-refractivity contribution >= 4 is 33.7 Å². The Hall–Kier alpha value is -3.91. The molecule has 0 radical (unpaired) electrons. The number of nitrogens with two attached hydrogens (primary N) is 1. The van der Waals surface area contributed by atoms with Crippen LogP contribution in [0.25, 0.3) is 21.9 Å². The molecule has 2 aromatic carbocycles. The van der Waals surface area contributed by atoms with Crippen LogP contribution in [0.4, 0.5) is 0 Å². The zero-order valence-corrected chi connectivity index (χ0v) is 18.7. The Balaban J connectivity index is 1.68. The monoisotopic (exact) mass is 461 g/mol. The molecule has 0 aliphatic rings. The predicted octanol–water partition coefficient (Wildman–Crippen LogP) is 3.54. The first-order chi connectivity index (χ1) is 16.5. The van der Waals surface area contributed by atoms with Crippen LogP contribution >= 0.6 is 0 Å². The lowest BCUT2D eigenvalue weighted by atomic mass is 10.0. The van der Waals surface area contributed by atoms with E-state index in [9.17, 15) is 19.5 Å². The van der Waals surface area contributed by atoms with Crippen LogP contribution in [0.1, 0.15) is 35.2 Å². The van der Waals surface area contributed by atoms with Gasteiger partial charge in [0.05, 0.1) is 0 Å². The molecular formula is C26H27N3O5. The van der Waals surface area contributed by atoms with Crippen LogP contribution in [-0.4, -0.2) is 46.0 Å². The fourth-order valence-corrected chi connectivity index (χ4v) is 4.24. The van der Waals surface area contributed by atoms with Crippen molar-refractivity contribution in [2.24, 2.45) is 5.73 Å². The maximum Gasteiger partial charge on any atom is 0.349 e. The summed E-state index contributed by atoms with van der Waals surface area (Å²) >= 11 is 0. The van der Waals surface area contributed by atoms with Crippen LogP contribution < -0.4 is 11.4 Å². The average molecular weight is 462 g/mol. The number of nitrogens with zero attached hydrogens (tertiary/aromatic N) is 1. The lowest BCUT2D eigenvalue weighted by Gasteiger charge is -2.29. The van der Waals surface area contributed by atoms with Crippen LogP contribution in [0.5, 0.6) is 0 Å². The molecule has 176 valence electrons. The SMILES string of the molecule is NCCCCC(C(=O)O)N(CCc1c[nH]c2ccccc12)C(=O)c1cc2ccccc2oc1=O. The highest BCUT2D eigenvalue weighted by molar-refractivity contribution is 5.98. The van der Waals surface area contributed by atoms with Gasteiger partial charge >= 0.3 is 11.6 Å². The van der Waals surface area contributed by atoms with Gasteiger partial charge in [-0.25, -0.2) is 9.59 Å². The molecule has 34 heavy (non-hydrogen) atoms. The van der Waals surface area contributed by atoms with E-state index in [0.29, 0.717) is 36.8 Å². The van der Waals surface area contributed by atoms with Crippen molar-refractivity contribution in [3.8, 4) is 0 Å². The Bertz CT molecular complexity index is 1370. The van der Waals surface area contributed by atoms with Gasteiger partial charge in [0, 0.05) is 29.0 Å². The molecule has 0 aliphatic carbocycles. The van der Waals surface area contributed by atoms with E-state index < -0.39 is 23.5 Å². The summed E-state index contributed by atoms with van der Waals surface area (Å²) in [6.07, 6.45) is 3.73. The number of aromatic amines is 1. The molecule has 4 N–H and O–H groups in total. The Morgan fingerprint density at radius 2 is 1.85 bits per heavy atom. The van der Waals surface area contributed by atoms with Crippen LogP contribution in [-0.2, 0) is 11.2 Å². The second-order valence-corrected chi connectivity index (χ2v) is 8.23. The number of aromatic nitrogens is 1. The van der Waals surface area contributed by atoms with Crippen molar-refractivity contribution in [2.75, 3.05) is 13.1 Å². The summed E-state index contributed by atoms with van der Waals surface area (Å²) in [7, 11) is 0. The lowest BCUT2D eigenvalue weighted by Crippen LogP contribution is -2.47. The molecule has 0 aliphatic heterocycles. The number of rotatable bonds is 10. The number of carbonyl (C=O) groups excluding carboxylic acids is 1. The molecule has 4 aromatic rings. The molecule has 0 saturated carbocycles.